The highest BCUT2D eigenvalue weighted by Crippen LogP contribution is 2.22. The van der Waals surface area contributed by atoms with E-state index in [4.69, 9.17) is 0 Å². The van der Waals surface area contributed by atoms with E-state index in [9.17, 15) is 0 Å². The maximum absolute atomic E-state index is 4.13. The van der Waals surface area contributed by atoms with Crippen molar-refractivity contribution in [1.82, 2.24) is 19.1 Å². The third-order valence-corrected chi connectivity index (χ3v) is 3.56. The van der Waals surface area contributed by atoms with E-state index in [1.807, 2.05) is 37.4 Å². The molecule has 0 spiro atoms. The average molecular weight is 232 g/mol. The summed E-state index contributed by atoms with van der Waals surface area (Å²) in [6.45, 7) is 4.52. The molecule has 0 bridgehead atoms. The lowest BCUT2D eigenvalue weighted by atomic mass is 10.4. The first-order valence-electron chi connectivity index (χ1n) is 6.13. The van der Waals surface area contributed by atoms with E-state index in [1.165, 1.54) is 25.9 Å². The molecule has 0 amide bonds. The van der Waals surface area contributed by atoms with E-state index in [2.05, 4.69) is 19.1 Å². The molecule has 1 fully saturated rings. The van der Waals surface area contributed by atoms with Crippen molar-refractivity contribution in [3.63, 3.8) is 0 Å². The van der Waals surface area contributed by atoms with Crippen molar-refractivity contribution in [3.05, 3.63) is 37.4 Å². The minimum absolute atomic E-state index is 1.01. The Morgan fingerprint density at radius 2 is 1.41 bits per heavy atom. The van der Waals surface area contributed by atoms with Crippen molar-refractivity contribution in [1.29, 1.82) is 0 Å². The van der Waals surface area contributed by atoms with Crippen LogP contribution in [0.4, 0.5) is 0 Å². The first-order valence-corrected chi connectivity index (χ1v) is 6.13. The predicted molar refractivity (Wildman–Crippen MR) is 63.7 cm³/mol. The normalized spacial score (nSPS) is 18.6. The van der Waals surface area contributed by atoms with Crippen LogP contribution in [-0.4, -0.2) is 36.7 Å². The highest BCUT2D eigenvalue weighted by Gasteiger charge is 2.32. The van der Waals surface area contributed by atoms with E-state index < -0.39 is 0 Å². The Bertz CT molecular complexity index is 401. The molecule has 3 rings (SSSR count). The van der Waals surface area contributed by atoms with Crippen molar-refractivity contribution in [3.8, 4) is 0 Å². The van der Waals surface area contributed by atoms with Crippen LogP contribution in [0.3, 0.4) is 0 Å². The lowest BCUT2D eigenvalue weighted by Crippen LogP contribution is -2.47. The molecule has 0 aromatic carbocycles. The molecule has 2 aromatic heterocycles. The quantitative estimate of drug-likeness (QED) is 0.745. The first kappa shape index (κ1) is 10.5. The van der Waals surface area contributed by atoms with Crippen molar-refractivity contribution in [2.24, 2.45) is 0 Å². The monoisotopic (exact) mass is 232 g/mol. The van der Waals surface area contributed by atoms with Gasteiger partial charge in [-0.3, -0.25) is 13.6 Å². The third kappa shape index (κ3) is 2.24. The maximum atomic E-state index is 4.13. The van der Waals surface area contributed by atoms with Crippen molar-refractivity contribution < 1.29 is 4.48 Å². The van der Waals surface area contributed by atoms with Crippen LogP contribution in [0.5, 0.6) is 0 Å². The zero-order chi connectivity index (χ0) is 11.6. The molecule has 0 N–H and O–H groups in total. The summed E-state index contributed by atoms with van der Waals surface area (Å²) in [6.07, 6.45) is 14.3. The minimum Gasteiger partial charge on any atom is -0.289 e. The first-order chi connectivity index (χ1) is 8.36. The molecule has 0 radical (unpaired) electrons. The number of hydrogen-bond donors (Lipinski definition) is 0. The summed E-state index contributed by atoms with van der Waals surface area (Å²) in [5.74, 6) is 0. The second-order valence-corrected chi connectivity index (χ2v) is 4.93. The number of nitrogens with zero attached hydrogens (tertiary/aromatic N) is 5. The summed E-state index contributed by atoms with van der Waals surface area (Å²) in [6, 6.07) is 0. The van der Waals surface area contributed by atoms with Crippen LogP contribution >= 0.6 is 0 Å². The lowest BCUT2D eigenvalue weighted by Gasteiger charge is -2.34. The van der Waals surface area contributed by atoms with Crippen LogP contribution < -0.4 is 0 Å². The molecule has 0 unspecified atom stereocenters. The molecular formula is C12H18N5+. The average Bonchev–Trinajstić information content (AvgIpc) is 3.01. The van der Waals surface area contributed by atoms with Gasteiger partial charge in [-0.05, 0) is 0 Å². The summed E-state index contributed by atoms with van der Waals surface area (Å²) in [7, 11) is 0. The van der Waals surface area contributed by atoms with Crippen LogP contribution in [0.1, 0.15) is 12.8 Å². The Morgan fingerprint density at radius 1 is 0.882 bits per heavy atom. The second-order valence-electron chi connectivity index (χ2n) is 4.93. The van der Waals surface area contributed by atoms with Crippen LogP contribution in [0.25, 0.3) is 0 Å². The van der Waals surface area contributed by atoms with Gasteiger partial charge in [-0.1, -0.05) is 0 Å². The van der Waals surface area contributed by atoms with Crippen molar-refractivity contribution >= 4 is 0 Å². The number of quaternary nitrogens is 1. The van der Waals surface area contributed by atoms with E-state index in [0.717, 1.165) is 17.8 Å². The van der Waals surface area contributed by atoms with Crippen molar-refractivity contribution in [2.75, 3.05) is 13.1 Å². The van der Waals surface area contributed by atoms with Gasteiger partial charge in [-0.2, -0.15) is 0 Å². The van der Waals surface area contributed by atoms with Gasteiger partial charge in [-0.25, -0.2) is 9.97 Å². The summed E-state index contributed by atoms with van der Waals surface area (Å²) >= 11 is 0. The number of rotatable bonds is 4. The molecule has 0 atom stereocenters. The molecule has 5 nitrogen and oxygen atoms in total. The molecule has 0 aliphatic carbocycles. The highest BCUT2D eigenvalue weighted by atomic mass is 15.5. The Kier molecular flexibility index (Phi) is 2.68. The fourth-order valence-corrected chi connectivity index (χ4v) is 2.77. The third-order valence-electron chi connectivity index (χ3n) is 3.56. The van der Waals surface area contributed by atoms with E-state index in [0.29, 0.717) is 0 Å². The van der Waals surface area contributed by atoms with Crippen LogP contribution in [0.15, 0.2) is 37.4 Å². The lowest BCUT2D eigenvalue weighted by molar-refractivity contribution is -0.958. The Balaban J connectivity index is 1.78. The molecule has 1 saturated heterocycles. The Morgan fingerprint density at radius 3 is 1.82 bits per heavy atom. The highest BCUT2D eigenvalue weighted by molar-refractivity contribution is 4.74. The summed E-state index contributed by atoms with van der Waals surface area (Å²) in [4.78, 5) is 8.25. The molecule has 3 heterocycles. The van der Waals surface area contributed by atoms with Crippen LogP contribution in [-0.2, 0) is 13.3 Å². The van der Waals surface area contributed by atoms with Gasteiger partial charge in [-0.15, -0.1) is 0 Å². The SMILES string of the molecule is c1cn(C[N+]2(Cn3ccnc3)CCCC2)cn1. The molecular weight excluding hydrogens is 214 g/mol. The molecule has 1 aliphatic rings. The number of likely N-dealkylation sites (tertiary alicyclic amines) is 1. The van der Waals surface area contributed by atoms with Gasteiger partial charge in [0.25, 0.3) is 0 Å². The Hall–Kier alpha value is -1.62. The second kappa shape index (κ2) is 4.33. The molecule has 0 saturated carbocycles. The fraction of sp³-hybridized carbons (Fsp3) is 0.500. The summed E-state index contributed by atoms with van der Waals surface area (Å²) < 4.78 is 5.47. The molecule has 90 valence electrons. The van der Waals surface area contributed by atoms with Gasteiger partial charge < -0.3 is 0 Å². The van der Waals surface area contributed by atoms with Crippen LogP contribution in [0.2, 0.25) is 0 Å². The van der Waals surface area contributed by atoms with Gasteiger partial charge >= 0.3 is 0 Å². The fourth-order valence-electron chi connectivity index (χ4n) is 2.77. The predicted octanol–water partition coefficient (Wildman–Crippen LogP) is 1.31. The zero-order valence-electron chi connectivity index (χ0n) is 9.94. The minimum atomic E-state index is 1.01. The van der Waals surface area contributed by atoms with Gasteiger partial charge in [0.2, 0.25) is 0 Å². The standard InChI is InChI=1S/C12H18N5/c1-2-8-17(7-1,11-15-5-3-13-9-15)12-16-6-4-14-10-16/h3-6,9-10H,1-2,7-8,11-12H2/q+1. The number of imidazole rings is 2. The van der Waals surface area contributed by atoms with Crippen molar-refractivity contribution in [2.45, 2.75) is 26.2 Å². The van der Waals surface area contributed by atoms with Gasteiger partial charge in [0.1, 0.15) is 0 Å². The van der Waals surface area contributed by atoms with Gasteiger partial charge in [0.05, 0.1) is 25.7 Å². The number of hydrogen-bond acceptors (Lipinski definition) is 2. The zero-order valence-corrected chi connectivity index (χ0v) is 9.94. The van der Waals surface area contributed by atoms with Crippen LogP contribution in [0, 0.1) is 0 Å². The summed E-state index contributed by atoms with van der Waals surface area (Å²) in [5, 5.41) is 0. The van der Waals surface area contributed by atoms with E-state index >= 15 is 0 Å². The summed E-state index contributed by atoms with van der Waals surface area (Å²) in [5.41, 5.74) is 0. The van der Waals surface area contributed by atoms with Gasteiger partial charge in [0.15, 0.2) is 13.3 Å². The molecule has 1 aliphatic heterocycles. The molecule has 17 heavy (non-hydrogen) atoms. The maximum Gasteiger partial charge on any atom is 0.160 e. The van der Waals surface area contributed by atoms with E-state index in [-0.39, 0.29) is 0 Å². The van der Waals surface area contributed by atoms with Gasteiger partial charge in [0, 0.05) is 37.6 Å². The van der Waals surface area contributed by atoms with E-state index in [1.54, 1.807) is 0 Å². The smallest absolute Gasteiger partial charge is 0.160 e. The number of aromatic nitrogens is 4. The Labute approximate surface area is 101 Å². The molecule has 5 heteroatoms. The molecule has 2 aromatic rings. The largest absolute Gasteiger partial charge is 0.289 e. The topological polar surface area (TPSA) is 35.6 Å².